The van der Waals surface area contributed by atoms with E-state index in [0.717, 1.165) is 22.6 Å². The monoisotopic (exact) mass is 448 g/mol. The normalized spacial score (nSPS) is 10.6. The van der Waals surface area contributed by atoms with E-state index in [1.54, 1.807) is 25.6 Å². The van der Waals surface area contributed by atoms with Crippen LogP contribution in [-0.4, -0.2) is 26.7 Å². The van der Waals surface area contributed by atoms with Crippen molar-refractivity contribution in [1.29, 1.82) is 0 Å². The highest BCUT2D eigenvalue weighted by Crippen LogP contribution is 2.37. The van der Waals surface area contributed by atoms with E-state index in [9.17, 15) is 4.79 Å². The summed E-state index contributed by atoms with van der Waals surface area (Å²) in [7, 11) is 3.18. The molecule has 0 atom stereocenters. The maximum Gasteiger partial charge on any atom is 0.238 e. The number of nitrogens with zero attached hydrogens (tertiary/aromatic N) is 1. The van der Waals surface area contributed by atoms with Crippen molar-refractivity contribution in [2.75, 3.05) is 25.1 Å². The zero-order valence-corrected chi connectivity index (χ0v) is 18.4. The zero-order chi connectivity index (χ0) is 20.8. The van der Waals surface area contributed by atoms with Gasteiger partial charge >= 0.3 is 0 Å². The molecule has 5 nitrogen and oxygen atoms in total. The number of carbonyl (C=O) groups excluding carboxylic acids is 1. The van der Waals surface area contributed by atoms with Crippen molar-refractivity contribution in [2.45, 2.75) is 11.3 Å². The van der Waals surface area contributed by atoms with Crippen LogP contribution in [0.4, 0.5) is 5.69 Å². The van der Waals surface area contributed by atoms with Crippen LogP contribution in [0.2, 0.25) is 5.02 Å². The van der Waals surface area contributed by atoms with Crippen LogP contribution in [-0.2, 0) is 11.2 Å². The average molecular weight is 449 g/mol. The second-order valence-electron chi connectivity index (χ2n) is 6.14. The number of carbonyl (C=O) groups is 1. The minimum Gasteiger partial charge on any atom is -0.493 e. The summed E-state index contributed by atoms with van der Waals surface area (Å²) >= 11 is 9.35. The van der Waals surface area contributed by atoms with Gasteiger partial charge < -0.3 is 19.5 Å². The molecule has 0 saturated carbocycles. The third-order valence-corrected chi connectivity index (χ3v) is 6.25. The first kappa shape index (κ1) is 21.4. The number of amides is 1. The molecule has 1 heterocycles. The number of anilines is 1. The van der Waals surface area contributed by atoms with Crippen molar-refractivity contribution in [3.05, 3.63) is 69.4 Å². The number of rotatable bonds is 9. The highest BCUT2D eigenvalue weighted by atomic mass is 35.5. The summed E-state index contributed by atoms with van der Waals surface area (Å²) < 4.78 is 12.6. The molecule has 1 aromatic heterocycles. The molecule has 3 rings (SSSR count). The molecule has 0 aliphatic carbocycles. The topological polar surface area (TPSA) is 64.8 Å². The number of primary amides is 1. The smallest absolute Gasteiger partial charge is 0.238 e. The summed E-state index contributed by atoms with van der Waals surface area (Å²) in [6.07, 6.45) is 0.718. The lowest BCUT2D eigenvalue weighted by molar-refractivity contribution is -0.116. The van der Waals surface area contributed by atoms with Crippen LogP contribution >= 0.6 is 34.9 Å². The van der Waals surface area contributed by atoms with E-state index in [1.807, 2.05) is 52.1 Å². The van der Waals surface area contributed by atoms with E-state index in [4.69, 9.17) is 26.8 Å². The number of benzene rings is 2. The van der Waals surface area contributed by atoms with Crippen LogP contribution in [0, 0.1) is 0 Å². The predicted octanol–water partition coefficient (Wildman–Crippen LogP) is 5.01. The summed E-state index contributed by atoms with van der Waals surface area (Å²) in [5.41, 5.74) is 7.45. The first-order valence-electron chi connectivity index (χ1n) is 8.76. The number of ether oxygens (including phenoxy) is 2. The molecule has 0 aliphatic heterocycles. The number of hydrogen-bond acceptors (Lipinski definition) is 6. The van der Waals surface area contributed by atoms with Gasteiger partial charge in [-0.1, -0.05) is 17.7 Å². The Balaban J connectivity index is 1.96. The van der Waals surface area contributed by atoms with Crippen molar-refractivity contribution in [3.8, 4) is 11.5 Å². The molecule has 0 unspecified atom stereocenters. The minimum absolute atomic E-state index is 0.0537. The van der Waals surface area contributed by atoms with Crippen molar-refractivity contribution in [3.63, 3.8) is 0 Å². The Bertz CT molecular complexity index is 980. The van der Waals surface area contributed by atoms with Gasteiger partial charge in [0, 0.05) is 21.2 Å². The van der Waals surface area contributed by atoms with E-state index in [1.165, 1.54) is 16.8 Å². The van der Waals surface area contributed by atoms with E-state index in [2.05, 4.69) is 6.07 Å². The second-order valence-corrected chi connectivity index (χ2v) is 8.70. The molecule has 0 fully saturated rings. The van der Waals surface area contributed by atoms with E-state index in [-0.39, 0.29) is 6.54 Å². The Morgan fingerprint density at radius 1 is 1.14 bits per heavy atom. The highest BCUT2D eigenvalue weighted by Gasteiger charge is 2.18. The van der Waals surface area contributed by atoms with Gasteiger partial charge in [0.2, 0.25) is 5.91 Å². The fraction of sp³-hybridized carbons (Fsp3) is 0.190. The summed E-state index contributed by atoms with van der Waals surface area (Å²) in [5, 5.41) is 2.69. The molecule has 3 aromatic rings. The van der Waals surface area contributed by atoms with Gasteiger partial charge in [-0.3, -0.25) is 4.79 Å². The molecular formula is C21H21ClN2O3S2. The zero-order valence-electron chi connectivity index (χ0n) is 16.1. The Morgan fingerprint density at radius 3 is 2.59 bits per heavy atom. The summed E-state index contributed by atoms with van der Waals surface area (Å²) in [4.78, 5) is 13.9. The second kappa shape index (κ2) is 9.91. The molecular weight excluding hydrogens is 428 g/mol. The SMILES string of the molecule is COc1ccc(SN(CC(N)=O)c2ccc(Cl)cc2Cc2cccs2)cc1OC. The Labute approximate surface area is 183 Å². The van der Waals surface area contributed by atoms with Crippen LogP contribution in [0.25, 0.3) is 0 Å². The molecule has 0 saturated heterocycles. The maximum atomic E-state index is 11.8. The molecule has 2 aromatic carbocycles. The molecule has 0 bridgehead atoms. The first-order chi connectivity index (χ1) is 14.0. The minimum atomic E-state index is -0.421. The number of thiophene rings is 1. The van der Waals surface area contributed by atoms with Gasteiger partial charge in [0.15, 0.2) is 11.5 Å². The molecule has 29 heavy (non-hydrogen) atoms. The van der Waals surface area contributed by atoms with Crippen LogP contribution in [0.3, 0.4) is 0 Å². The standard InChI is InChI=1S/C21H21ClN2O3S2/c1-26-19-8-6-17(12-20(19)27-2)29-24(13-21(23)25)18-7-5-15(22)10-14(18)11-16-4-3-9-28-16/h3-10,12H,11,13H2,1-2H3,(H2,23,25). The summed E-state index contributed by atoms with van der Waals surface area (Å²) in [5.74, 6) is 0.838. The van der Waals surface area contributed by atoms with Crippen LogP contribution in [0.5, 0.6) is 11.5 Å². The third-order valence-electron chi connectivity index (χ3n) is 4.13. The Hall–Kier alpha value is -2.35. The van der Waals surface area contributed by atoms with E-state index in [0.29, 0.717) is 16.5 Å². The molecule has 152 valence electrons. The number of nitrogens with two attached hydrogens (primary N) is 1. The van der Waals surface area contributed by atoms with Gasteiger partial charge in [0.25, 0.3) is 0 Å². The van der Waals surface area contributed by atoms with Gasteiger partial charge in [-0.05, 0) is 65.4 Å². The van der Waals surface area contributed by atoms with Crippen LogP contribution in [0.15, 0.2) is 58.8 Å². The molecule has 8 heteroatoms. The molecule has 1 amide bonds. The predicted molar refractivity (Wildman–Crippen MR) is 121 cm³/mol. The van der Waals surface area contributed by atoms with Crippen LogP contribution < -0.4 is 19.5 Å². The highest BCUT2D eigenvalue weighted by molar-refractivity contribution is 8.00. The molecule has 0 spiro atoms. The third kappa shape index (κ3) is 5.59. The van der Waals surface area contributed by atoms with Crippen molar-refractivity contribution in [2.24, 2.45) is 5.73 Å². The lowest BCUT2D eigenvalue weighted by atomic mass is 10.1. The number of halogens is 1. The molecule has 0 aliphatic rings. The largest absolute Gasteiger partial charge is 0.493 e. The fourth-order valence-corrected chi connectivity index (χ4v) is 4.78. The molecule has 2 N–H and O–H groups in total. The lowest BCUT2D eigenvalue weighted by Crippen LogP contribution is -2.29. The summed E-state index contributed by atoms with van der Waals surface area (Å²) in [6.45, 7) is 0.0537. The van der Waals surface area contributed by atoms with Gasteiger partial charge in [0.05, 0.1) is 19.9 Å². The fourth-order valence-electron chi connectivity index (χ4n) is 2.85. The maximum absolute atomic E-state index is 11.8. The Kier molecular flexibility index (Phi) is 7.30. The van der Waals surface area contributed by atoms with E-state index < -0.39 is 5.91 Å². The number of hydrogen-bond donors (Lipinski definition) is 1. The van der Waals surface area contributed by atoms with Crippen molar-refractivity contribution < 1.29 is 14.3 Å². The molecule has 0 radical (unpaired) electrons. The summed E-state index contributed by atoms with van der Waals surface area (Å²) in [6, 6.07) is 15.4. The van der Waals surface area contributed by atoms with E-state index >= 15 is 0 Å². The number of methoxy groups -OCH3 is 2. The lowest BCUT2D eigenvalue weighted by Gasteiger charge is -2.25. The van der Waals surface area contributed by atoms with Crippen LogP contribution in [0.1, 0.15) is 10.4 Å². The van der Waals surface area contributed by atoms with Gasteiger partial charge in [-0.25, -0.2) is 0 Å². The van der Waals surface area contributed by atoms with Gasteiger partial charge in [0.1, 0.15) is 6.54 Å². The van der Waals surface area contributed by atoms with Gasteiger partial charge in [-0.15, -0.1) is 11.3 Å². The quantitative estimate of drug-likeness (QED) is 0.466. The van der Waals surface area contributed by atoms with Crippen molar-refractivity contribution >= 4 is 46.5 Å². The van der Waals surface area contributed by atoms with Gasteiger partial charge in [-0.2, -0.15) is 0 Å². The first-order valence-corrected chi connectivity index (χ1v) is 10.8. The van der Waals surface area contributed by atoms with Crippen molar-refractivity contribution in [1.82, 2.24) is 0 Å². The Morgan fingerprint density at radius 2 is 1.93 bits per heavy atom. The average Bonchev–Trinajstić information content (AvgIpc) is 3.20.